The summed E-state index contributed by atoms with van der Waals surface area (Å²) in [6.07, 6.45) is 7.62. The summed E-state index contributed by atoms with van der Waals surface area (Å²) in [5.74, 6) is -0.431. The van der Waals surface area contributed by atoms with Crippen molar-refractivity contribution in [2.45, 2.75) is 25.7 Å². The molecule has 116 valence electrons. The third-order valence-electron chi connectivity index (χ3n) is 4.24. The van der Waals surface area contributed by atoms with Crippen LogP contribution in [0.1, 0.15) is 40.9 Å². The number of nitrogens with one attached hydrogen (secondary N) is 1. The standard InChI is InChI=1S/C16H14FN5O/c1-9-2-3-13-11(9)6-12(14-18-4-5-22(13)14)15(23)21-16-19-7-10(17)8-20-16/h4-9H,2-3H2,1H3,(H,19,20,21,23)/t9-/m0/s1. The monoisotopic (exact) mass is 311 g/mol. The highest BCUT2D eigenvalue weighted by atomic mass is 19.1. The zero-order valence-corrected chi connectivity index (χ0v) is 12.5. The molecule has 3 aromatic heterocycles. The first-order valence-electron chi connectivity index (χ1n) is 7.41. The minimum Gasteiger partial charge on any atom is -0.303 e. The summed E-state index contributed by atoms with van der Waals surface area (Å²) in [6, 6.07) is 1.90. The number of carbonyl (C=O) groups excluding carboxylic acids is 1. The number of fused-ring (bicyclic) bond motifs is 3. The molecule has 0 aliphatic heterocycles. The first-order chi connectivity index (χ1) is 11.1. The molecule has 7 heteroatoms. The summed E-state index contributed by atoms with van der Waals surface area (Å²) in [5, 5.41) is 2.59. The number of amides is 1. The van der Waals surface area contributed by atoms with E-state index in [0.29, 0.717) is 17.1 Å². The van der Waals surface area contributed by atoms with Crippen LogP contribution in [0.15, 0.2) is 30.9 Å². The Balaban J connectivity index is 1.76. The molecule has 0 saturated carbocycles. The Morgan fingerprint density at radius 3 is 2.91 bits per heavy atom. The van der Waals surface area contributed by atoms with Gasteiger partial charge in [0.05, 0.1) is 18.0 Å². The maximum Gasteiger partial charge on any atom is 0.261 e. The predicted molar refractivity (Wildman–Crippen MR) is 81.9 cm³/mol. The number of rotatable bonds is 2. The van der Waals surface area contributed by atoms with Crippen LogP contribution in [-0.4, -0.2) is 25.3 Å². The fourth-order valence-electron chi connectivity index (χ4n) is 3.08. The van der Waals surface area contributed by atoms with E-state index in [1.807, 2.05) is 16.7 Å². The van der Waals surface area contributed by atoms with Crippen molar-refractivity contribution < 1.29 is 9.18 Å². The van der Waals surface area contributed by atoms with E-state index in [4.69, 9.17) is 0 Å². The second kappa shape index (κ2) is 5.12. The van der Waals surface area contributed by atoms with Crippen molar-refractivity contribution in [2.75, 3.05) is 5.32 Å². The lowest BCUT2D eigenvalue weighted by atomic mass is 10.0. The summed E-state index contributed by atoms with van der Waals surface area (Å²) in [7, 11) is 0. The molecular weight excluding hydrogens is 297 g/mol. The van der Waals surface area contributed by atoms with Crippen LogP contribution >= 0.6 is 0 Å². The van der Waals surface area contributed by atoms with E-state index in [1.165, 1.54) is 11.3 Å². The van der Waals surface area contributed by atoms with Gasteiger partial charge in [-0.15, -0.1) is 0 Å². The Labute approximate surface area is 131 Å². The maximum atomic E-state index is 12.9. The lowest BCUT2D eigenvalue weighted by Gasteiger charge is -2.11. The third kappa shape index (κ3) is 2.25. The number of nitrogens with zero attached hydrogens (tertiary/aromatic N) is 4. The van der Waals surface area contributed by atoms with Gasteiger partial charge in [0.15, 0.2) is 5.82 Å². The summed E-state index contributed by atoms with van der Waals surface area (Å²) in [6.45, 7) is 2.15. The molecule has 1 aliphatic rings. The zero-order chi connectivity index (χ0) is 16.0. The SMILES string of the molecule is C[C@H]1CCc2c1cc(C(=O)Nc1ncc(F)cn1)c1nccn21. The summed E-state index contributed by atoms with van der Waals surface area (Å²) < 4.78 is 14.8. The normalized spacial score (nSPS) is 16.5. The summed E-state index contributed by atoms with van der Waals surface area (Å²) in [5.41, 5.74) is 3.45. The van der Waals surface area contributed by atoms with Crippen molar-refractivity contribution >= 4 is 17.5 Å². The van der Waals surface area contributed by atoms with Gasteiger partial charge < -0.3 is 4.40 Å². The minimum atomic E-state index is -0.551. The molecule has 0 bridgehead atoms. The van der Waals surface area contributed by atoms with Gasteiger partial charge in [0.25, 0.3) is 5.91 Å². The van der Waals surface area contributed by atoms with Crippen LogP contribution < -0.4 is 5.32 Å². The van der Waals surface area contributed by atoms with E-state index < -0.39 is 5.82 Å². The van der Waals surface area contributed by atoms with Gasteiger partial charge in [0.2, 0.25) is 5.95 Å². The molecule has 23 heavy (non-hydrogen) atoms. The number of aryl methyl sites for hydroxylation is 1. The zero-order valence-electron chi connectivity index (χ0n) is 12.5. The van der Waals surface area contributed by atoms with Crippen LogP contribution in [0.25, 0.3) is 5.65 Å². The van der Waals surface area contributed by atoms with Crippen LogP contribution in [0.3, 0.4) is 0 Å². The molecule has 1 N–H and O–H groups in total. The first-order valence-corrected chi connectivity index (χ1v) is 7.41. The van der Waals surface area contributed by atoms with Gasteiger partial charge in [-0.2, -0.15) is 0 Å². The number of anilines is 1. The number of carbonyl (C=O) groups is 1. The Hall–Kier alpha value is -2.83. The van der Waals surface area contributed by atoms with Crippen LogP contribution in [0, 0.1) is 5.82 Å². The van der Waals surface area contributed by atoms with Crippen LogP contribution in [0.4, 0.5) is 10.3 Å². The highest BCUT2D eigenvalue weighted by Crippen LogP contribution is 2.34. The molecule has 1 aliphatic carbocycles. The molecular formula is C16H14FN5O. The molecule has 3 heterocycles. The number of pyridine rings is 1. The highest BCUT2D eigenvalue weighted by Gasteiger charge is 2.25. The van der Waals surface area contributed by atoms with Crippen molar-refractivity contribution in [3.63, 3.8) is 0 Å². The maximum absolute atomic E-state index is 12.9. The van der Waals surface area contributed by atoms with E-state index in [-0.39, 0.29) is 11.9 Å². The first kappa shape index (κ1) is 13.8. The number of hydrogen-bond acceptors (Lipinski definition) is 4. The van der Waals surface area contributed by atoms with Crippen molar-refractivity contribution in [1.29, 1.82) is 0 Å². The Morgan fingerprint density at radius 2 is 2.13 bits per heavy atom. The average molecular weight is 311 g/mol. The van der Waals surface area contributed by atoms with Crippen LogP contribution in [0.2, 0.25) is 0 Å². The Morgan fingerprint density at radius 1 is 1.35 bits per heavy atom. The van der Waals surface area contributed by atoms with Gasteiger partial charge in [-0.05, 0) is 30.4 Å². The largest absolute Gasteiger partial charge is 0.303 e. The van der Waals surface area contributed by atoms with Gasteiger partial charge in [0, 0.05) is 18.1 Å². The summed E-state index contributed by atoms with van der Waals surface area (Å²) in [4.78, 5) is 24.4. The second-order valence-corrected chi connectivity index (χ2v) is 5.70. The Bertz CT molecular complexity index is 903. The van der Waals surface area contributed by atoms with Gasteiger partial charge in [0.1, 0.15) is 5.65 Å². The van der Waals surface area contributed by atoms with Crippen molar-refractivity contribution in [3.8, 4) is 0 Å². The smallest absolute Gasteiger partial charge is 0.261 e. The number of hydrogen-bond donors (Lipinski definition) is 1. The molecule has 6 nitrogen and oxygen atoms in total. The molecule has 0 unspecified atom stereocenters. The number of halogens is 1. The van der Waals surface area contributed by atoms with E-state index in [1.54, 1.807) is 6.20 Å². The highest BCUT2D eigenvalue weighted by molar-refractivity contribution is 6.07. The minimum absolute atomic E-state index is 0.0645. The van der Waals surface area contributed by atoms with Gasteiger partial charge in [-0.1, -0.05) is 6.92 Å². The van der Waals surface area contributed by atoms with Crippen molar-refractivity contribution in [3.05, 3.63) is 53.5 Å². The fourth-order valence-corrected chi connectivity index (χ4v) is 3.08. The van der Waals surface area contributed by atoms with E-state index >= 15 is 0 Å². The van der Waals surface area contributed by atoms with Crippen LogP contribution in [0.5, 0.6) is 0 Å². The Kier molecular flexibility index (Phi) is 3.07. The molecule has 3 aromatic rings. The number of aromatic nitrogens is 4. The van der Waals surface area contributed by atoms with E-state index in [0.717, 1.165) is 25.2 Å². The molecule has 0 saturated heterocycles. The predicted octanol–water partition coefficient (Wildman–Crippen LogP) is 2.57. The molecule has 0 fully saturated rings. The lowest BCUT2D eigenvalue weighted by molar-refractivity contribution is 0.102. The molecule has 0 radical (unpaired) electrons. The van der Waals surface area contributed by atoms with Gasteiger partial charge >= 0.3 is 0 Å². The van der Waals surface area contributed by atoms with Crippen molar-refractivity contribution in [1.82, 2.24) is 19.4 Å². The quantitative estimate of drug-likeness (QED) is 0.789. The second-order valence-electron chi connectivity index (χ2n) is 5.70. The average Bonchev–Trinajstić information content (AvgIpc) is 3.15. The van der Waals surface area contributed by atoms with Gasteiger partial charge in [-0.3, -0.25) is 10.1 Å². The third-order valence-corrected chi connectivity index (χ3v) is 4.24. The molecule has 1 atom stereocenters. The molecule has 1 amide bonds. The lowest BCUT2D eigenvalue weighted by Crippen LogP contribution is -2.16. The molecule has 0 spiro atoms. The fraction of sp³-hybridized carbons (Fsp3) is 0.250. The van der Waals surface area contributed by atoms with Crippen LogP contribution in [-0.2, 0) is 6.42 Å². The van der Waals surface area contributed by atoms with E-state index in [2.05, 4.69) is 27.2 Å². The van der Waals surface area contributed by atoms with Crippen molar-refractivity contribution in [2.24, 2.45) is 0 Å². The molecule has 0 aromatic carbocycles. The summed E-state index contributed by atoms with van der Waals surface area (Å²) >= 11 is 0. The van der Waals surface area contributed by atoms with E-state index in [9.17, 15) is 9.18 Å². The topological polar surface area (TPSA) is 72.2 Å². The molecule has 4 rings (SSSR count). The van der Waals surface area contributed by atoms with Gasteiger partial charge in [-0.25, -0.2) is 19.3 Å². The number of imidazole rings is 1.